The number of carbonyl (C=O) groups excluding carboxylic acids is 1. The molecule has 0 spiro atoms. The Bertz CT molecular complexity index is 1040. The molecule has 0 aliphatic carbocycles. The quantitative estimate of drug-likeness (QED) is 0.685. The molecule has 164 valence electrons. The Labute approximate surface area is 178 Å². The molecule has 30 heavy (non-hydrogen) atoms. The van der Waals surface area contributed by atoms with Gasteiger partial charge in [0, 0.05) is 6.54 Å². The molecule has 0 unspecified atom stereocenters. The van der Waals surface area contributed by atoms with Crippen molar-refractivity contribution >= 4 is 15.9 Å². The number of ether oxygens (including phenoxy) is 1. The molecule has 0 saturated heterocycles. The number of rotatable bonds is 8. The number of hydrogen-bond donors (Lipinski definition) is 1. The zero-order valence-corrected chi connectivity index (χ0v) is 19.1. The lowest BCUT2D eigenvalue weighted by atomic mass is 9.96. The molecule has 0 aromatic heterocycles. The van der Waals surface area contributed by atoms with E-state index in [-0.39, 0.29) is 29.8 Å². The first kappa shape index (κ1) is 23.8. The standard InChI is InChI=1S/C22H29FN2O4S/c1-7-25(30(27,28)21-12-18(23)8-9-20(21)29-6)13-22(26)24-17(5)19-11-15(3)14(2)10-16(19)4/h8-12,17H,7,13H2,1-6H3,(H,24,26)/t17-/m0/s1. The third-order valence-corrected chi connectivity index (χ3v) is 7.08. The van der Waals surface area contributed by atoms with Crippen LogP contribution in [-0.2, 0) is 14.8 Å². The normalized spacial score (nSPS) is 12.7. The molecule has 1 N–H and O–H groups in total. The molecule has 0 saturated carbocycles. The summed E-state index contributed by atoms with van der Waals surface area (Å²) in [6, 6.07) is 7.07. The van der Waals surface area contributed by atoms with E-state index in [9.17, 15) is 17.6 Å². The number of amides is 1. The Kier molecular flexibility index (Phi) is 7.60. The lowest BCUT2D eigenvalue weighted by Gasteiger charge is -2.23. The van der Waals surface area contributed by atoms with Gasteiger partial charge >= 0.3 is 0 Å². The second-order valence-corrected chi connectivity index (χ2v) is 9.22. The van der Waals surface area contributed by atoms with Crippen LogP contribution < -0.4 is 10.1 Å². The molecule has 2 rings (SSSR count). The van der Waals surface area contributed by atoms with Gasteiger partial charge in [-0.1, -0.05) is 19.1 Å². The molecular formula is C22H29FN2O4S. The monoisotopic (exact) mass is 436 g/mol. The van der Waals surface area contributed by atoms with Crippen LogP contribution in [0.5, 0.6) is 5.75 Å². The van der Waals surface area contributed by atoms with Gasteiger partial charge in [0.15, 0.2) is 0 Å². The molecule has 0 fully saturated rings. The number of sulfonamides is 1. The Morgan fingerprint density at radius 3 is 2.37 bits per heavy atom. The molecule has 0 bridgehead atoms. The molecule has 1 atom stereocenters. The van der Waals surface area contributed by atoms with Crippen molar-refractivity contribution in [2.75, 3.05) is 20.2 Å². The van der Waals surface area contributed by atoms with Crippen LogP contribution in [0.2, 0.25) is 0 Å². The van der Waals surface area contributed by atoms with Crippen LogP contribution in [0.25, 0.3) is 0 Å². The highest BCUT2D eigenvalue weighted by Crippen LogP contribution is 2.27. The van der Waals surface area contributed by atoms with Gasteiger partial charge in [-0.2, -0.15) is 4.31 Å². The largest absolute Gasteiger partial charge is 0.495 e. The topological polar surface area (TPSA) is 75.7 Å². The summed E-state index contributed by atoms with van der Waals surface area (Å²) in [5.74, 6) is -1.12. The first-order valence-electron chi connectivity index (χ1n) is 9.72. The van der Waals surface area contributed by atoms with Gasteiger partial charge in [0.1, 0.15) is 16.5 Å². The summed E-state index contributed by atoms with van der Waals surface area (Å²) >= 11 is 0. The van der Waals surface area contributed by atoms with Crippen LogP contribution in [0.15, 0.2) is 35.2 Å². The zero-order chi connectivity index (χ0) is 22.6. The number of likely N-dealkylation sites (N-methyl/N-ethyl adjacent to an activating group) is 1. The molecule has 1 amide bonds. The highest BCUT2D eigenvalue weighted by atomic mass is 32.2. The Hall–Kier alpha value is -2.45. The van der Waals surface area contributed by atoms with E-state index in [1.807, 2.05) is 33.8 Å². The molecule has 0 heterocycles. The highest BCUT2D eigenvalue weighted by Gasteiger charge is 2.29. The summed E-state index contributed by atoms with van der Waals surface area (Å²) in [6.07, 6.45) is 0. The highest BCUT2D eigenvalue weighted by molar-refractivity contribution is 7.89. The van der Waals surface area contributed by atoms with Crippen LogP contribution in [0, 0.1) is 26.6 Å². The summed E-state index contributed by atoms with van der Waals surface area (Å²) in [5, 5.41) is 2.86. The first-order valence-corrected chi connectivity index (χ1v) is 11.2. The van der Waals surface area contributed by atoms with Crippen molar-refractivity contribution in [1.29, 1.82) is 0 Å². The van der Waals surface area contributed by atoms with E-state index in [1.165, 1.54) is 18.7 Å². The minimum Gasteiger partial charge on any atom is -0.495 e. The summed E-state index contributed by atoms with van der Waals surface area (Å²) in [7, 11) is -2.82. The minimum atomic E-state index is -4.12. The first-order chi connectivity index (χ1) is 14.0. The smallest absolute Gasteiger partial charge is 0.247 e. The number of carbonyl (C=O) groups is 1. The Morgan fingerprint density at radius 2 is 1.77 bits per heavy atom. The summed E-state index contributed by atoms with van der Waals surface area (Å²) in [6.45, 7) is 9.15. The van der Waals surface area contributed by atoms with E-state index in [4.69, 9.17) is 4.74 Å². The van der Waals surface area contributed by atoms with Gasteiger partial charge in [-0.25, -0.2) is 12.8 Å². The van der Waals surface area contributed by atoms with Crippen LogP contribution in [0.4, 0.5) is 4.39 Å². The van der Waals surface area contributed by atoms with Gasteiger partial charge < -0.3 is 10.1 Å². The van der Waals surface area contributed by atoms with E-state index < -0.39 is 21.7 Å². The van der Waals surface area contributed by atoms with Gasteiger partial charge in [-0.3, -0.25) is 4.79 Å². The number of halogens is 1. The molecule has 0 aliphatic rings. The summed E-state index contributed by atoms with van der Waals surface area (Å²) < 4.78 is 45.8. The lowest BCUT2D eigenvalue weighted by molar-refractivity contribution is -0.121. The average molecular weight is 437 g/mol. The Morgan fingerprint density at radius 1 is 1.13 bits per heavy atom. The van der Waals surface area contributed by atoms with Crippen molar-refractivity contribution in [2.24, 2.45) is 0 Å². The van der Waals surface area contributed by atoms with Crippen molar-refractivity contribution in [1.82, 2.24) is 9.62 Å². The van der Waals surface area contributed by atoms with Crippen molar-refractivity contribution < 1.29 is 22.3 Å². The molecule has 0 radical (unpaired) electrons. The molecule has 8 heteroatoms. The third-order valence-electron chi connectivity index (χ3n) is 5.14. The summed E-state index contributed by atoms with van der Waals surface area (Å²) in [4.78, 5) is 12.3. The van der Waals surface area contributed by atoms with Gasteiger partial charge in [-0.15, -0.1) is 0 Å². The van der Waals surface area contributed by atoms with Crippen molar-refractivity contribution in [2.45, 2.75) is 45.6 Å². The van der Waals surface area contributed by atoms with E-state index in [0.717, 1.165) is 33.1 Å². The third kappa shape index (κ3) is 5.17. The van der Waals surface area contributed by atoms with Crippen LogP contribution in [0.3, 0.4) is 0 Å². The predicted octanol–water partition coefficient (Wildman–Crippen LogP) is 3.65. The van der Waals surface area contributed by atoms with Gasteiger partial charge in [0.2, 0.25) is 15.9 Å². The molecule has 0 aliphatic heterocycles. The van der Waals surface area contributed by atoms with Crippen LogP contribution >= 0.6 is 0 Å². The van der Waals surface area contributed by atoms with E-state index in [2.05, 4.69) is 11.4 Å². The second kappa shape index (κ2) is 9.57. The van der Waals surface area contributed by atoms with E-state index in [1.54, 1.807) is 6.92 Å². The number of benzene rings is 2. The second-order valence-electron chi connectivity index (χ2n) is 7.31. The van der Waals surface area contributed by atoms with Crippen LogP contribution in [0.1, 0.15) is 42.1 Å². The fourth-order valence-corrected chi connectivity index (χ4v) is 4.90. The molecule has 2 aromatic carbocycles. The van der Waals surface area contributed by atoms with Crippen LogP contribution in [-0.4, -0.2) is 38.8 Å². The average Bonchev–Trinajstić information content (AvgIpc) is 2.68. The van der Waals surface area contributed by atoms with Gasteiger partial charge in [-0.05, 0) is 68.1 Å². The summed E-state index contributed by atoms with van der Waals surface area (Å²) in [5.41, 5.74) is 4.31. The van der Waals surface area contributed by atoms with Crippen molar-refractivity contribution in [3.8, 4) is 5.75 Å². The number of methoxy groups -OCH3 is 1. The maximum Gasteiger partial charge on any atom is 0.247 e. The van der Waals surface area contributed by atoms with Gasteiger partial charge in [0.25, 0.3) is 0 Å². The maximum absolute atomic E-state index is 13.7. The lowest BCUT2D eigenvalue weighted by Crippen LogP contribution is -2.41. The van der Waals surface area contributed by atoms with Crippen molar-refractivity contribution in [3.05, 3.63) is 58.4 Å². The number of nitrogens with one attached hydrogen (secondary N) is 1. The molecule has 2 aromatic rings. The maximum atomic E-state index is 13.7. The SMILES string of the molecule is CCN(CC(=O)N[C@@H](C)c1cc(C)c(C)cc1C)S(=O)(=O)c1cc(F)ccc1OC. The molecular weight excluding hydrogens is 407 g/mol. The Balaban J connectivity index is 2.22. The number of aryl methyl sites for hydroxylation is 3. The zero-order valence-electron chi connectivity index (χ0n) is 18.2. The fraction of sp³-hybridized carbons (Fsp3) is 0.409. The predicted molar refractivity (Wildman–Crippen MR) is 115 cm³/mol. The molecule has 6 nitrogen and oxygen atoms in total. The van der Waals surface area contributed by atoms with Crippen molar-refractivity contribution in [3.63, 3.8) is 0 Å². The fourth-order valence-electron chi connectivity index (χ4n) is 3.33. The number of hydrogen-bond acceptors (Lipinski definition) is 4. The van der Waals surface area contributed by atoms with Gasteiger partial charge in [0.05, 0.1) is 19.7 Å². The van der Waals surface area contributed by atoms with E-state index in [0.29, 0.717) is 0 Å². The number of nitrogens with zero attached hydrogens (tertiary/aromatic N) is 1. The van der Waals surface area contributed by atoms with E-state index >= 15 is 0 Å². The minimum absolute atomic E-state index is 0.0226.